The largest absolute Gasteiger partial charge is 0.387 e. The Bertz CT molecular complexity index is 543. The van der Waals surface area contributed by atoms with E-state index in [1.165, 1.54) is 57.2 Å². The van der Waals surface area contributed by atoms with Crippen LogP contribution in [0.5, 0.6) is 0 Å². The molecule has 3 atom stereocenters. The van der Waals surface area contributed by atoms with E-state index >= 15 is 0 Å². The van der Waals surface area contributed by atoms with Crippen LogP contribution in [0.1, 0.15) is 65.2 Å². The highest BCUT2D eigenvalue weighted by Crippen LogP contribution is 2.34. The first kappa shape index (κ1) is 22.4. The molecule has 0 radical (unpaired) electrons. The molecule has 2 rings (SSSR count). The summed E-state index contributed by atoms with van der Waals surface area (Å²) in [6.45, 7) is 9.79. The van der Waals surface area contributed by atoms with E-state index in [2.05, 4.69) is 39.8 Å². The van der Waals surface area contributed by atoms with Crippen molar-refractivity contribution in [3.8, 4) is 0 Å². The molecule has 0 spiro atoms. The van der Waals surface area contributed by atoms with E-state index in [1.807, 2.05) is 31.2 Å². The molecule has 0 N–H and O–H groups in total. The number of hydrogen-bond donors (Lipinski definition) is 0. The maximum atomic E-state index is 5.70. The van der Waals surface area contributed by atoms with Crippen LogP contribution in [0, 0.1) is 17.8 Å². The highest BCUT2D eigenvalue weighted by molar-refractivity contribution is 7.13. The van der Waals surface area contributed by atoms with E-state index in [1.54, 1.807) is 0 Å². The van der Waals surface area contributed by atoms with Crippen LogP contribution in [0.15, 0.2) is 41.6 Å². The topological polar surface area (TPSA) is 24.8 Å². The lowest BCUT2D eigenvalue weighted by molar-refractivity contribution is 0.114. The summed E-state index contributed by atoms with van der Waals surface area (Å²) in [6.07, 6.45) is 18.3. The predicted octanol–water partition coefficient (Wildman–Crippen LogP) is 6.15. The van der Waals surface area contributed by atoms with Crippen LogP contribution < -0.4 is 0 Å². The lowest BCUT2D eigenvalue weighted by Gasteiger charge is -2.29. The molecule has 3 nitrogen and oxygen atoms in total. The molecule has 0 aromatic rings. The fraction of sp³-hybridized carbons (Fsp3) is 0.696. The minimum absolute atomic E-state index is 0.0311. The van der Waals surface area contributed by atoms with Gasteiger partial charge in [0.15, 0.2) is 6.10 Å². The fourth-order valence-corrected chi connectivity index (χ4v) is 4.47. The van der Waals surface area contributed by atoms with Crippen molar-refractivity contribution in [3.05, 3.63) is 36.5 Å². The van der Waals surface area contributed by atoms with Crippen molar-refractivity contribution in [1.82, 2.24) is 4.67 Å². The molecule has 0 aromatic carbocycles. The van der Waals surface area contributed by atoms with Crippen molar-refractivity contribution >= 4 is 15.1 Å². The first-order valence-corrected chi connectivity index (χ1v) is 11.2. The number of hydrogen-bond acceptors (Lipinski definition) is 3. The molecule has 2 aliphatic rings. The second-order valence-corrected chi connectivity index (χ2v) is 9.29. The van der Waals surface area contributed by atoms with E-state index in [4.69, 9.17) is 4.84 Å². The van der Waals surface area contributed by atoms with Crippen molar-refractivity contribution in [1.29, 1.82) is 0 Å². The van der Waals surface area contributed by atoms with Gasteiger partial charge in [-0.2, -0.15) is 0 Å². The number of rotatable bonds is 8. The summed E-state index contributed by atoms with van der Waals surface area (Å²) in [7, 11) is 4.92. The minimum atomic E-state index is 0.0311. The van der Waals surface area contributed by atoms with Crippen LogP contribution in [0.25, 0.3) is 0 Å². The molecule has 4 heteroatoms. The van der Waals surface area contributed by atoms with Gasteiger partial charge in [-0.25, -0.2) is 0 Å². The van der Waals surface area contributed by atoms with E-state index < -0.39 is 0 Å². The third kappa shape index (κ3) is 7.54. The van der Waals surface area contributed by atoms with E-state index in [9.17, 15) is 0 Å². The fourth-order valence-electron chi connectivity index (χ4n) is 4.32. The third-order valence-electron chi connectivity index (χ3n) is 6.19. The van der Waals surface area contributed by atoms with Crippen molar-refractivity contribution in [3.63, 3.8) is 0 Å². The van der Waals surface area contributed by atoms with Gasteiger partial charge in [0.05, 0.1) is 5.71 Å². The molecule has 152 valence electrons. The van der Waals surface area contributed by atoms with Crippen molar-refractivity contribution < 1.29 is 4.84 Å². The summed E-state index contributed by atoms with van der Waals surface area (Å²) < 4.78 is 2.23. The molecular weight excluding hydrogens is 351 g/mol. The summed E-state index contributed by atoms with van der Waals surface area (Å²) in [4.78, 5) is 5.70. The molecular formula is C23H39N2OP. The van der Waals surface area contributed by atoms with Gasteiger partial charge in [0.2, 0.25) is 0 Å². The van der Waals surface area contributed by atoms with Crippen LogP contribution in [-0.4, -0.2) is 30.1 Å². The molecule has 3 unspecified atom stereocenters. The van der Waals surface area contributed by atoms with Gasteiger partial charge in [0.1, 0.15) is 0 Å². The maximum absolute atomic E-state index is 5.70. The Balaban J connectivity index is 1.78. The second-order valence-electron chi connectivity index (χ2n) is 8.41. The molecule has 1 fully saturated rings. The van der Waals surface area contributed by atoms with Crippen LogP contribution in [0.3, 0.4) is 0 Å². The van der Waals surface area contributed by atoms with Gasteiger partial charge in [0.25, 0.3) is 0 Å². The second kappa shape index (κ2) is 11.8. The zero-order chi connectivity index (χ0) is 19.6. The molecule has 1 heterocycles. The van der Waals surface area contributed by atoms with Crippen molar-refractivity contribution in [2.45, 2.75) is 71.3 Å². The Hall–Kier alpha value is -0.920. The Morgan fingerprint density at radius 3 is 2.63 bits per heavy atom. The van der Waals surface area contributed by atoms with Gasteiger partial charge in [0, 0.05) is 18.9 Å². The van der Waals surface area contributed by atoms with E-state index in [0.717, 1.165) is 23.8 Å². The molecule has 1 saturated carbocycles. The third-order valence-corrected chi connectivity index (χ3v) is 6.45. The standard InChI is InChI=1S/C23H39N2OP/c1-5-6-7-10-19(3)23-17-22(24-26-23)21-13-8-11-20(12-9-14-21)18(2)15-16-25(4)27/h5-7,10,18,20-21,23H,3,8-9,11-17,27H2,1-2,4H3/b6-5-,10-7-. The maximum Gasteiger partial charge on any atom is 0.157 e. The SMILES string of the molecule is C=C(/C=C\C=C/C)C1CC(C2CCCC(C(C)CCN(C)P)CCC2)=NO1. The summed E-state index contributed by atoms with van der Waals surface area (Å²) >= 11 is 0. The van der Waals surface area contributed by atoms with Gasteiger partial charge in [-0.3, -0.25) is 4.67 Å². The summed E-state index contributed by atoms with van der Waals surface area (Å²) in [5.41, 5.74) is 2.29. The van der Waals surface area contributed by atoms with Gasteiger partial charge < -0.3 is 4.84 Å². The van der Waals surface area contributed by atoms with Crippen molar-refractivity contribution in [2.75, 3.05) is 13.6 Å². The number of allylic oxidation sites excluding steroid dienone is 3. The molecule has 0 amide bonds. The molecule has 1 aliphatic carbocycles. The normalized spacial score (nSPS) is 28.2. The minimum Gasteiger partial charge on any atom is -0.387 e. The zero-order valence-electron chi connectivity index (χ0n) is 17.6. The van der Waals surface area contributed by atoms with Gasteiger partial charge >= 0.3 is 0 Å². The lowest BCUT2D eigenvalue weighted by atomic mass is 9.77. The highest BCUT2D eigenvalue weighted by atomic mass is 31.0. The van der Waals surface area contributed by atoms with E-state index in [-0.39, 0.29) is 6.10 Å². The zero-order valence-corrected chi connectivity index (χ0v) is 18.7. The van der Waals surface area contributed by atoms with Crippen LogP contribution in [0.4, 0.5) is 0 Å². The Morgan fingerprint density at radius 1 is 1.30 bits per heavy atom. The van der Waals surface area contributed by atoms with Crippen molar-refractivity contribution in [2.24, 2.45) is 22.9 Å². The Morgan fingerprint density at radius 2 is 2.00 bits per heavy atom. The smallest absolute Gasteiger partial charge is 0.157 e. The van der Waals surface area contributed by atoms with Crippen LogP contribution in [0.2, 0.25) is 0 Å². The Kier molecular flexibility index (Phi) is 9.79. The molecule has 0 saturated heterocycles. The monoisotopic (exact) mass is 390 g/mol. The number of nitrogens with zero attached hydrogens (tertiary/aromatic N) is 2. The lowest BCUT2D eigenvalue weighted by Crippen LogP contribution is -2.22. The average Bonchev–Trinajstić information content (AvgIpc) is 3.09. The van der Waals surface area contributed by atoms with E-state index in [0.29, 0.717) is 5.92 Å². The quantitative estimate of drug-likeness (QED) is 0.366. The van der Waals surface area contributed by atoms with Gasteiger partial charge in [-0.05, 0) is 50.6 Å². The summed E-state index contributed by atoms with van der Waals surface area (Å²) in [6, 6.07) is 0. The van der Waals surface area contributed by atoms with Gasteiger partial charge in [-0.15, -0.1) is 0 Å². The van der Waals surface area contributed by atoms with Crippen LogP contribution in [-0.2, 0) is 4.84 Å². The summed E-state index contributed by atoms with van der Waals surface area (Å²) in [5.74, 6) is 2.33. The molecule has 1 aliphatic heterocycles. The first-order chi connectivity index (χ1) is 13.0. The average molecular weight is 391 g/mol. The first-order valence-electron chi connectivity index (χ1n) is 10.7. The highest BCUT2D eigenvalue weighted by Gasteiger charge is 2.29. The Labute approximate surface area is 169 Å². The molecule has 0 bridgehead atoms. The molecule has 27 heavy (non-hydrogen) atoms. The molecule has 0 aromatic heterocycles. The predicted molar refractivity (Wildman–Crippen MR) is 121 cm³/mol. The van der Waals surface area contributed by atoms with Gasteiger partial charge in [-0.1, -0.05) is 78.0 Å². The van der Waals surface area contributed by atoms with Crippen LogP contribution >= 0.6 is 9.39 Å². The summed E-state index contributed by atoms with van der Waals surface area (Å²) in [5, 5.41) is 4.46. The number of oxime groups is 1.